The number of anilines is 1. The van der Waals surface area contributed by atoms with Crippen LogP contribution in [-0.4, -0.2) is 25.3 Å². The first-order valence-electron chi connectivity index (χ1n) is 5.67. The van der Waals surface area contributed by atoms with Crippen LogP contribution in [0.2, 0.25) is 0 Å². The monoisotopic (exact) mass is 292 g/mol. The molecule has 0 bridgehead atoms. The third-order valence-electron chi connectivity index (χ3n) is 2.34. The van der Waals surface area contributed by atoms with E-state index in [2.05, 4.69) is 21.7 Å². The molecule has 0 unspecified atom stereocenters. The fourth-order valence-electron chi connectivity index (χ4n) is 1.46. The van der Waals surface area contributed by atoms with Crippen LogP contribution < -0.4 is 4.72 Å². The first kappa shape index (κ1) is 14.1. The number of sulfonamides is 1. The second-order valence-corrected chi connectivity index (χ2v) is 5.60. The van der Waals surface area contributed by atoms with Crippen LogP contribution in [0.25, 0.3) is 0 Å². The van der Waals surface area contributed by atoms with Crippen molar-refractivity contribution in [3.63, 3.8) is 0 Å². The van der Waals surface area contributed by atoms with E-state index in [1.807, 2.05) is 0 Å². The molecule has 0 saturated carbocycles. The summed E-state index contributed by atoms with van der Waals surface area (Å²) in [7, 11) is -3.72. The van der Waals surface area contributed by atoms with Gasteiger partial charge in [0.05, 0.1) is 10.6 Å². The molecule has 1 aromatic carbocycles. The zero-order valence-corrected chi connectivity index (χ0v) is 11.4. The van der Waals surface area contributed by atoms with Crippen molar-refractivity contribution in [1.82, 2.24) is 5.16 Å². The molecule has 0 aliphatic carbocycles. The average Bonchev–Trinajstić information content (AvgIpc) is 2.81. The molecule has 7 heteroatoms. The van der Waals surface area contributed by atoms with Crippen molar-refractivity contribution in [3.05, 3.63) is 41.6 Å². The predicted octanol–water partition coefficient (Wildman–Crippen LogP) is 1.13. The van der Waals surface area contributed by atoms with Gasteiger partial charge in [0, 0.05) is 11.6 Å². The topological polar surface area (TPSA) is 92.4 Å². The summed E-state index contributed by atoms with van der Waals surface area (Å²) in [5, 5.41) is 12.2. The maximum Gasteiger partial charge on any atom is 0.264 e. The van der Waals surface area contributed by atoms with Gasteiger partial charge in [0.1, 0.15) is 6.61 Å². The van der Waals surface area contributed by atoms with Gasteiger partial charge in [-0.2, -0.15) is 0 Å². The smallest absolute Gasteiger partial charge is 0.264 e. The molecule has 0 saturated heterocycles. The van der Waals surface area contributed by atoms with Crippen molar-refractivity contribution in [3.8, 4) is 11.8 Å². The Balaban J connectivity index is 2.21. The molecule has 0 aliphatic rings. The van der Waals surface area contributed by atoms with Gasteiger partial charge in [-0.15, -0.1) is 0 Å². The lowest BCUT2D eigenvalue weighted by Crippen LogP contribution is -2.12. The van der Waals surface area contributed by atoms with Gasteiger partial charge in [0.2, 0.25) is 5.88 Å². The summed E-state index contributed by atoms with van der Waals surface area (Å²) >= 11 is 0. The van der Waals surface area contributed by atoms with Crippen LogP contribution in [-0.2, 0) is 10.0 Å². The van der Waals surface area contributed by atoms with E-state index in [1.54, 1.807) is 19.1 Å². The van der Waals surface area contributed by atoms with Crippen LogP contribution in [0.15, 0.2) is 39.8 Å². The molecular weight excluding hydrogens is 280 g/mol. The highest BCUT2D eigenvalue weighted by atomic mass is 32.2. The minimum Gasteiger partial charge on any atom is -0.384 e. The number of rotatable bonds is 3. The third kappa shape index (κ3) is 3.38. The molecule has 104 valence electrons. The Hall–Kier alpha value is -2.30. The lowest BCUT2D eigenvalue weighted by molar-refractivity contribution is 0.350. The Labute approximate surface area is 116 Å². The minimum absolute atomic E-state index is 0.0617. The molecule has 2 N–H and O–H groups in total. The van der Waals surface area contributed by atoms with Crippen molar-refractivity contribution in [2.24, 2.45) is 0 Å². The molecule has 1 heterocycles. The fourth-order valence-corrected chi connectivity index (χ4v) is 2.44. The van der Waals surface area contributed by atoms with Gasteiger partial charge in [-0.25, -0.2) is 13.1 Å². The first-order valence-corrected chi connectivity index (χ1v) is 7.15. The van der Waals surface area contributed by atoms with E-state index >= 15 is 0 Å². The van der Waals surface area contributed by atoms with Gasteiger partial charge in [-0.1, -0.05) is 17.0 Å². The number of benzene rings is 1. The van der Waals surface area contributed by atoms with Crippen LogP contribution in [0.1, 0.15) is 11.3 Å². The molecule has 0 atom stereocenters. The number of nitrogens with one attached hydrogen (secondary N) is 1. The van der Waals surface area contributed by atoms with Crippen molar-refractivity contribution >= 4 is 15.9 Å². The number of aromatic nitrogens is 1. The van der Waals surface area contributed by atoms with Gasteiger partial charge in [-0.05, 0) is 31.2 Å². The third-order valence-corrected chi connectivity index (χ3v) is 3.70. The van der Waals surface area contributed by atoms with Gasteiger partial charge in [0.25, 0.3) is 10.0 Å². The Kier molecular flexibility index (Phi) is 4.08. The number of aliphatic hydroxyl groups is 1. The van der Waals surface area contributed by atoms with Crippen LogP contribution in [0.3, 0.4) is 0 Å². The Morgan fingerprint density at radius 3 is 2.60 bits per heavy atom. The molecule has 6 nitrogen and oxygen atoms in total. The van der Waals surface area contributed by atoms with Gasteiger partial charge < -0.3 is 9.63 Å². The van der Waals surface area contributed by atoms with E-state index in [0.29, 0.717) is 11.3 Å². The van der Waals surface area contributed by atoms with E-state index in [1.165, 1.54) is 18.2 Å². The zero-order chi connectivity index (χ0) is 14.6. The molecular formula is C13H12N2O4S. The Morgan fingerprint density at radius 1 is 1.35 bits per heavy atom. The van der Waals surface area contributed by atoms with Crippen LogP contribution in [0.5, 0.6) is 0 Å². The Bertz CT molecular complexity index is 752. The van der Waals surface area contributed by atoms with Crippen molar-refractivity contribution in [2.45, 2.75) is 11.8 Å². The molecule has 0 aliphatic heterocycles. The second-order valence-electron chi connectivity index (χ2n) is 3.92. The van der Waals surface area contributed by atoms with E-state index in [9.17, 15) is 8.42 Å². The molecule has 0 radical (unpaired) electrons. The number of hydrogen-bond acceptors (Lipinski definition) is 5. The predicted molar refractivity (Wildman–Crippen MR) is 72.5 cm³/mol. The van der Waals surface area contributed by atoms with E-state index < -0.39 is 10.0 Å². The van der Waals surface area contributed by atoms with Crippen molar-refractivity contribution < 1.29 is 18.0 Å². The fraction of sp³-hybridized carbons (Fsp3) is 0.154. The standard InChI is InChI=1S/C13H12N2O4S/c1-10-9-13(19-14-10)15-20(17,18)12-6-4-11(5-7-12)3-2-8-16/h4-7,9,15-16H,8H2,1H3. The van der Waals surface area contributed by atoms with Gasteiger partial charge >= 0.3 is 0 Å². The van der Waals surface area contributed by atoms with Crippen LogP contribution >= 0.6 is 0 Å². The summed E-state index contributed by atoms with van der Waals surface area (Å²) in [5.74, 6) is 5.23. The number of aryl methyl sites for hydroxylation is 1. The van der Waals surface area contributed by atoms with E-state index in [4.69, 9.17) is 9.63 Å². The number of nitrogens with zero attached hydrogens (tertiary/aromatic N) is 1. The summed E-state index contributed by atoms with van der Waals surface area (Å²) in [4.78, 5) is 0.0844. The summed E-state index contributed by atoms with van der Waals surface area (Å²) in [6.07, 6.45) is 0. The minimum atomic E-state index is -3.72. The molecule has 20 heavy (non-hydrogen) atoms. The highest BCUT2D eigenvalue weighted by molar-refractivity contribution is 7.92. The maximum atomic E-state index is 12.1. The van der Waals surface area contributed by atoms with Gasteiger partial charge in [-0.3, -0.25) is 0 Å². The normalized spacial score (nSPS) is 10.7. The summed E-state index contributed by atoms with van der Waals surface area (Å²) < 4.78 is 31.2. The summed E-state index contributed by atoms with van der Waals surface area (Å²) in [6.45, 7) is 1.45. The van der Waals surface area contributed by atoms with Crippen LogP contribution in [0, 0.1) is 18.8 Å². The highest BCUT2D eigenvalue weighted by Crippen LogP contribution is 2.17. The number of hydrogen-bond donors (Lipinski definition) is 2. The lowest BCUT2D eigenvalue weighted by Gasteiger charge is -2.04. The van der Waals surface area contributed by atoms with Crippen molar-refractivity contribution in [2.75, 3.05) is 11.3 Å². The lowest BCUT2D eigenvalue weighted by atomic mass is 10.2. The SMILES string of the molecule is Cc1cc(NS(=O)(=O)c2ccc(C#CCO)cc2)on1. The average molecular weight is 292 g/mol. The molecule has 0 amide bonds. The quantitative estimate of drug-likeness (QED) is 0.827. The summed E-state index contributed by atoms with van der Waals surface area (Å²) in [5.41, 5.74) is 1.20. The highest BCUT2D eigenvalue weighted by Gasteiger charge is 2.16. The molecule has 2 aromatic rings. The van der Waals surface area contributed by atoms with E-state index in [-0.39, 0.29) is 17.4 Å². The first-order chi connectivity index (χ1) is 9.51. The Morgan fingerprint density at radius 2 is 2.05 bits per heavy atom. The van der Waals surface area contributed by atoms with E-state index in [0.717, 1.165) is 0 Å². The molecule has 1 aromatic heterocycles. The maximum absolute atomic E-state index is 12.1. The van der Waals surface area contributed by atoms with Gasteiger partial charge in [0.15, 0.2) is 0 Å². The number of aliphatic hydroxyl groups excluding tert-OH is 1. The zero-order valence-electron chi connectivity index (χ0n) is 10.6. The van der Waals surface area contributed by atoms with Crippen molar-refractivity contribution in [1.29, 1.82) is 0 Å². The molecule has 0 fully saturated rings. The molecule has 0 spiro atoms. The molecule has 2 rings (SSSR count). The second kappa shape index (κ2) is 5.77. The summed E-state index contributed by atoms with van der Waals surface area (Å²) in [6, 6.07) is 7.45. The van der Waals surface area contributed by atoms with Crippen LogP contribution in [0.4, 0.5) is 5.88 Å². The largest absolute Gasteiger partial charge is 0.384 e.